The Hall–Kier alpha value is -2.37. The molecule has 1 aromatic carbocycles. The lowest BCUT2D eigenvalue weighted by atomic mass is 10.2. The summed E-state index contributed by atoms with van der Waals surface area (Å²) in [6, 6.07) is 5.90. The second-order valence-electron chi connectivity index (χ2n) is 7.04. The van der Waals surface area contributed by atoms with Gasteiger partial charge in [0, 0.05) is 24.2 Å². The number of rotatable bonds is 3. The molecule has 1 N–H and O–H groups in total. The molecule has 1 aromatic heterocycles. The first-order valence-electron chi connectivity index (χ1n) is 8.20. The second kappa shape index (κ2) is 6.26. The molecule has 1 aliphatic heterocycles. The fraction of sp³-hybridized carbons (Fsp3) is 0.500. The number of ether oxygens (including phenoxy) is 3. The van der Waals surface area contributed by atoms with Gasteiger partial charge in [-0.15, -0.1) is 0 Å². The topological polar surface area (TPSA) is 61.7 Å². The molecule has 2 aromatic rings. The zero-order valence-electron chi connectivity index (χ0n) is 14.6. The van der Waals surface area contributed by atoms with Gasteiger partial charge in [0.15, 0.2) is 11.5 Å². The molecule has 6 nitrogen and oxygen atoms in total. The number of fused-ring (bicyclic) bond motifs is 3. The van der Waals surface area contributed by atoms with E-state index in [2.05, 4.69) is 9.88 Å². The van der Waals surface area contributed by atoms with Crippen molar-refractivity contribution >= 4 is 17.0 Å². The van der Waals surface area contributed by atoms with Crippen LogP contribution >= 0.6 is 0 Å². The molecule has 1 aliphatic rings. The number of amides is 1. The summed E-state index contributed by atoms with van der Waals surface area (Å²) in [4.78, 5) is 11.9. The van der Waals surface area contributed by atoms with Crippen molar-refractivity contribution in [3.63, 3.8) is 0 Å². The van der Waals surface area contributed by atoms with Crippen molar-refractivity contribution in [1.82, 2.24) is 9.88 Å². The minimum Gasteiger partial charge on any atom is -0.486 e. The zero-order chi connectivity index (χ0) is 17.3. The van der Waals surface area contributed by atoms with Gasteiger partial charge in [0.2, 0.25) is 0 Å². The molecular weight excluding hydrogens is 308 g/mol. The summed E-state index contributed by atoms with van der Waals surface area (Å²) >= 11 is 0. The van der Waals surface area contributed by atoms with Gasteiger partial charge in [0.25, 0.3) is 0 Å². The summed E-state index contributed by atoms with van der Waals surface area (Å²) in [5.74, 6) is 1.54. The molecule has 0 fully saturated rings. The Morgan fingerprint density at radius 2 is 2.04 bits per heavy atom. The third kappa shape index (κ3) is 3.58. The maximum absolute atomic E-state index is 11.9. The molecular formula is C18H24N2O4. The first-order chi connectivity index (χ1) is 11.3. The molecule has 1 unspecified atom stereocenters. The summed E-state index contributed by atoms with van der Waals surface area (Å²) in [7, 11) is 0. The van der Waals surface area contributed by atoms with Crippen LogP contribution in [0, 0.1) is 0 Å². The average molecular weight is 332 g/mol. The van der Waals surface area contributed by atoms with Gasteiger partial charge in [-0.2, -0.15) is 0 Å². The molecule has 0 saturated carbocycles. The fourth-order valence-electron chi connectivity index (χ4n) is 2.79. The number of hydrogen-bond donors (Lipinski definition) is 1. The van der Waals surface area contributed by atoms with Gasteiger partial charge in [-0.05, 0) is 45.9 Å². The minimum absolute atomic E-state index is 0.0872. The molecule has 24 heavy (non-hydrogen) atoms. The van der Waals surface area contributed by atoms with E-state index in [0.29, 0.717) is 19.8 Å². The van der Waals surface area contributed by atoms with Crippen LogP contribution in [-0.2, 0) is 11.3 Å². The van der Waals surface area contributed by atoms with Crippen molar-refractivity contribution < 1.29 is 19.0 Å². The lowest BCUT2D eigenvalue weighted by molar-refractivity contribution is 0.0504. The minimum atomic E-state index is -0.506. The van der Waals surface area contributed by atoms with Crippen LogP contribution < -0.4 is 14.8 Å². The van der Waals surface area contributed by atoms with E-state index in [1.165, 1.54) is 0 Å². The number of carbonyl (C=O) groups excluding carboxylic acids is 1. The maximum Gasteiger partial charge on any atom is 0.407 e. The van der Waals surface area contributed by atoms with Gasteiger partial charge in [0.05, 0.1) is 5.52 Å². The van der Waals surface area contributed by atoms with Gasteiger partial charge >= 0.3 is 6.09 Å². The maximum atomic E-state index is 11.9. The largest absolute Gasteiger partial charge is 0.486 e. The molecule has 2 heterocycles. The zero-order valence-corrected chi connectivity index (χ0v) is 14.6. The highest BCUT2D eigenvalue weighted by molar-refractivity contribution is 5.88. The number of benzene rings is 1. The van der Waals surface area contributed by atoms with Gasteiger partial charge in [-0.1, -0.05) is 0 Å². The molecule has 0 bridgehead atoms. The van der Waals surface area contributed by atoms with Crippen LogP contribution in [0.15, 0.2) is 24.4 Å². The molecule has 6 heteroatoms. The second-order valence-corrected chi connectivity index (χ2v) is 7.04. The van der Waals surface area contributed by atoms with Crippen LogP contribution in [0.2, 0.25) is 0 Å². The Kier molecular flexibility index (Phi) is 4.30. The highest BCUT2D eigenvalue weighted by Crippen LogP contribution is 2.38. The Bertz CT molecular complexity index is 745. The van der Waals surface area contributed by atoms with Crippen molar-refractivity contribution in [2.75, 3.05) is 13.2 Å². The third-order valence-electron chi connectivity index (χ3n) is 3.67. The normalized spacial score (nSPS) is 15.2. The van der Waals surface area contributed by atoms with Crippen molar-refractivity contribution in [2.45, 2.75) is 45.9 Å². The van der Waals surface area contributed by atoms with Crippen LogP contribution in [-0.4, -0.2) is 35.5 Å². The predicted molar refractivity (Wildman–Crippen MR) is 91.8 cm³/mol. The van der Waals surface area contributed by atoms with E-state index < -0.39 is 11.7 Å². The molecule has 0 saturated heterocycles. The molecule has 130 valence electrons. The van der Waals surface area contributed by atoms with Crippen molar-refractivity contribution in [3.05, 3.63) is 24.4 Å². The van der Waals surface area contributed by atoms with Crippen LogP contribution in [0.5, 0.6) is 11.5 Å². The van der Waals surface area contributed by atoms with Crippen molar-refractivity contribution in [2.24, 2.45) is 0 Å². The Morgan fingerprint density at radius 1 is 1.29 bits per heavy atom. The Labute approximate surface area is 141 Å². The van der Waals surface area contributed by atoms with Crippen LogP contribution in [0.1, 0.15) is 27.7 Å². The van der Waals surface area contributed by atoms with Crippen LogP contribution in [0.4, 0.5) is 4.79 Å². The number of aromatic nitrogens is 1. The first-order valence-corrected chi connectivity index (χ1v) is 8.20. The quantitative estimate of drug-likeness (QED) is 0.936. The van der Waals surface area contributed by atoms with E-state index in [1.54, 1.807) is 0 Å². The molecule has 1 atom stereocenters. The summed E-state index contributed by atoms with van der Waals surface area (Å²) in [6.45, 7) is 9.21. The number of nitrogens with zero attached hydrogens (tertiary/aromatic N) is 1. The molecule has 0 aliphatic carbocycles. The number of alkyl carbamates (subject to hydrolysis) is 1. The summed E-state index contributed by atoms with van der Waals surface area (Å²) < 4.78 is 18.8. The Morgan fingerprint density at radius 3 is 2.79 bits per heavy atom. The summed E-state index contributed by atoms with van der Waals surface area (Å²) in [5.41, 5.74) is 0.485. The van der Waals surface area contributed by atoms with E-state index >= 15 is 0 Å². The highest BCUT2D eigenvalue weighted by Gasteiger charge is 2.20. The summed E-state index contributed by atoms with van der Waals surface area (Å²) in [5, 5.41) is 3.95. The number of nitrogens with one attached hydrogen (secondary N) is 1. The Balaban J connectivity index is 1.77. The first kappa shape index (κ1) is 16.5. The standard InChI is InChI=1S/C18H24N2O4/c1-12(19-17(21)24-18(2,3)4)11-20-8-7-13-5-6-14-16(15(13)20)23-10-9-22-14/h5-8,12H,9-11H2,1-4H3,(H,19,21). The fourth-order valence-corrected chi connectivity index (χ4v) is 2.79. The van der Waals surface area contributed by atoms with E-state index in [1.807, 2.05) is 52.1 Å². The predicted octanol–water partition coefficient (Wildman–Crippen LogP) is 3.33. The summed E-state index contributed by atoms with van der Waals surface area (Å²) in [6.07, 6.45) is 1.59. The molecule has 0 radical (unpaired) electrons. The lowest BCUT2D eigenvalue weighted by Crippen LogP contribution is -2.39. The van der Waals surface area contributed by atoms with Crippen molar-refractivity contribution in [1.29, 1.82) is 0 Å². The highest BCUT2D eigenvalue weighted by atomic mass is 16.6. The number of carbonyl (C=O) groups is 1. The smallest absolute Gasteiger partial charge is 0.407 e. The van der Waals surface area contributed by atoms with E-state index in [0.717, 1.165) is 22.4 Å². The van der Waals surface area contributed by atoms with Gasteiger partial charge < -0.3 is 24.1 Å². The molecule has 3 rings (SSSR count). The SMILES string of the molecule is CC(Cn1ccc2ccc3c(c21)OCCO3)NC(=O)OC(C)(C)C. The van der Waals surface area contributed by atoms with Crippen LogP contribution in [0.3, 0.4) is 0 Å². The van der Waals surface area contributed by atoms with E-state index in [9.17, 15) is 4.79 Å². The molecule has 1 amide bonds. The van der Waals surface area contributed by atoms with Gasteiger partial charge in [-0.25, -0.2) is 4.79 Å². The van der Waals surface area contributed by atoms with Gasteiger partial charge in [-0.3, -0.25) is 0 Å². The third-order valence-corrected chi connectivity index (χ3v) is 3.67. The molecule has 0 spiro atoms. The number of hydrogen-bond acceptors (Lipinski definition) is 4. The monoisotopic (exact) mass is 332 g/mol. The van der Waals surface area contributed by atoms with Crippen LogP contribution in [0.25, 0.3) is 10.9 Å². The van der Waals surface area contributed by atoms with Gasteiger partial charge in [0.1, 0.15) is 18.8 Å². The average Bonchev–Trinajstić information content (AvgIpc) is 2.88. The van der Waals surface area contributed by atoms with Crippen molar-refractivity contribution in [3.8, 4) is 11.5 Å². The lowest BCUT2D eigenvalue weighted by Gasteiger charge is -2.23. The van der Waals surface area contributed by atoms with E-state index in [4.69, 9.17) is 14.2 Å². The van der Waals surface area contributed by atoms with E-state index in [-0.39, 0.29) is 6.04 Å².